The number of benzene rings is 1. The van der Waals surface area contributed by atoms with Gasteiger partial charge >= 0.3 is 0 Å². The molecule has 0 spiro atoms. The number of anilines is 1. The second-order valence-corrected chi connectivity index (χ2v) is 4.20. The van der Waals surface area contributed by atoms with E-state index in [1.54, 1.807) is 19.2 Å². The average molecular weight is 277 g/mol. The van der Waals surface area contributed by atoms with Crippen molar-refractivity contribution in [1.82, 2.24) is 0 Å². The maximum Gasteiger partial charge on any atom is 0.175 e. The van der Waals surface area contributed by atoms with Crippen molar-refractivity contribution in [1.29, 1.82) is 10.5 Å². The molecule has 1 heterocycles. The molecule has 0 bridgehead atoms. The standard InChI is InChI=1S/C13H9F2N3O2/c1-18-6-12(13(19)7(4-16)5-17)20-11-3-9(15)8(14)2-10(11)18/h2-3,12,19H,6H2,1H3. The zero-order valence-electron chi connectivity index (χ0n) is 10.4. The lowest BCUT2D eigenvalue weighted by Crippen LogP contribution is -2.39. The van der Waals surface area contributed by atoms with Gasteiger partial charge in [0, 0.05) is 19.2 Å². The first-order chi connectivity index (χ1) is 9.47. The first-order valence-corrected chi connectivity index (χ1v) is 5.58. The highest BCUT2D eigenvalue weighted by Gasteiger charge is 2.29. The summed E-state index contributed by atoms with van der Waals surface area (Å²) in [6.45, 7) is 0.0940. The zero-order valence-corrected chi connectivity index (χ0v) is 10.4. The van der Waals surface area contributed by atoms with Gasteiger partial charge in [-0.05, 0) is 0 Å². The van der Waals surface area contributed by atoms with Crippen LogP contribution >= 0.6 is 0 Å². The van der Waals surface area contributed by atoms with E-state index in [4.69, 9.17) is 15.3 Å². The smallest absolute Gasteiger partial charge is 0.175 e. The van der Waals surface area contributed by atoms with Gasteiger partial charge in [0.1, 0.15) is 17.9 Å². The van der Waals surface area contributed by atoms with Crippen LogP contribution in [-0.4, -0.2) is 24.8 Å². The molecule has 1 unspecified atom stereocenters. The van der Waals surface area contributed by atoms with Crippen molar-refractivity contribution >= 4 is 5.69 Å². The molecule has 102 valence electrons. The molecule has 7 heteroatoms. The van der Waals surface area contributed by atoms with Crippen molar-refractivity contribution in [2.45, 2.75) is 6.10 Å². The minimum atomic E-state index is -1.08. The van der Waals surface area contributed by atoms with Crippen LogP contribution in [0.2, 0.25) is 0 Å². The maximum atomic E-state index is 13.2. The molecule has 1 aliphatic heterocycles. The number of nitriles is 2. The first-order valence-electron chi connectivity index (χ1n) is 5.58. The normalized spacial score (nSPS) is 16.4. The highest BCUT2D eigenvalue weighted by molar-refractivity contribution is 5.61. The van der Waals surface area contributed by atoms with Gasteiger partial charge in [-0.1, -0.05) is 0 Å². The fraction of sp³-hybridized carbons (Fsp3) is 0.231. The molecule has 0 amide bonds. The molecule has 0 radical (unpaired) electrons. The van der Waals surface area contributed by atoms with Gasteiger partial charge in [0.05, 0.1) is 12.2 Å². The van der Waals surface area contributed by atoms with Crippen molar-refractivity contribution in [2.75, 3.05) is 18.5 Å². The summed E-state index contributed by atoms with van der Waals surface area (Å²) < 4.78 is 31.7. The van der Waals surface area contributed by atoms with Crippen molar-refractivity contribution in [2.24, 2.45) is 0 Å². The summed E-state index contributed by atoms with van der Waals surface area (Å²) in [5, 5.41) is 27.2. The third-order valence-corrected chi connectivity index (χ3v) is 2.91. The molecular formula is C13H9F2N3O2. The van der Waals surface area contributed by atoms with Gasteiger partial charge in [-0.3, -0.25) is 0 Å². The Kier molecular flexibility index (Phi) is 3.45. The second kappa shape index (κ2) is 5.06. The van der Waals surface area contributed by atoms with E-state index in [1.165, 1.54) is 4.90 Å². The Morgan fingerprint density at radius 3 is 2.55 bits per heavy atom. The maximum absolute atomic E-state index is 13.2. The number of halogens is 2. The summed E-state index contributed by atoms with van der Waals surface area (Å²) in [6.07, 6.45) is -0.994. The molecule has 0 saturated carbocycles. The number of hydrogen-bond acceptors (Lipinski definition) is 5. The molecule has 0 aliphatic carbocycles. The summed E-state index contributed by atoms with van der Waals surface area (Å²) in [4.78, 5) is 1.54. The van der Waals surface area contributed by atoms with Crippen LogP contribution < -0.4 is 9.64 Å². The van der Waals surface area contributed by atoms with Gasteiger partial charge in [0.2, 0.25) is 0 Å². The Hall–Kier alpha value is -2.80. The number of likely N-dealkylation sites (N-methyl/N-ethyl adjacent to an activating group) is 1. The molecule has 20 heavy (non-hydrogen) atoms. The molecule has 5 nitrogen and oxygen atoms in total. The fourth-order valence-electron chi connectivity index (χ4n) is 1.89. The predicted molar refractivity (Wildman–Crippen MR) is 64.9 cm³/mol. The van der Waals surface area contributed by atoms with Crippen LogP contribution in [0.1, 0.15) is 0 Å². The van der Waals surface area contributed by atoms with E-state index in [-0.39, 0.29) is 12.3 Å². The zero-order chi connectivity index (χ0) is 14.9. The van der Waals surface area contributed by atoms with E-state index in [0.29, 0.717) is 5.69 Å². The lowest BCUT2D eigenvalue weighted by atomic mass is 10.1. The van der Waals surface area contributed by atoms with Gasteiger partial charge in [-0.15, -0.1) is 0 Å². The average Bonchev–Trinajstić information content (AvgIpc) is 2.42. The second-order valence-electron chi connectivity index (χ2n) is 4.20. The molecule has 1 aromatic rings. The number of allylic oxidation sites excluding steroid dienone is 1. The van der Waals surface area contributed by atoms with E-state index < -0.39 is 29.1 Å². The van der Waals surface area contributed by atoms with Gasteiger partial charge < -0.3 is 14.7 Å². The Balaban J connectivity index is 2.43. The van der Waals surface area contributed by atoms with Crippen molar-refractivity contribution in [3.8, 4) is 17.9 Å². The van der Waals surface area contributed by atoms with Crippen LogP contribution in [0.25, 0.3) is 0 Å². The van der Waals surface area contributed by atoms with Crippen LogP contribution in [0.5, 0.6) is 5.75 Å². The molecule has 1 aliphatic rings. The third kappa shape index (κ3) is 2.21. The van der Waals surface area contributed by atoms with Gasteiger partial charge in [-0.25, -0.2) is 8.78 Å². The van der Waals surface area contributed by atoms with Crippen LogP contribution in [0.3, 0.4) is 0 Å². The molecule has 0 saturated heterocycles. The van der Waals surface area contributed by atoms with Crippen molar-refractivity contribution < 1.29 is 18.6 Å². The van der Waals surface area contributed by atoms with E-state index >= 15 is 0 Å². The lowest BCUT2D eigenvalue weighted by molar-refractivity contribution is 0.169. The van der Waals surface area contributed by atoms with E-state index in [1.807, 2.05) is 0 Å². The van der Waals surface area contributed by atoms with Crippen molar-refractivity contribution in [3.05, 3.63) is 35.1 Å². The minimum Gasteiger partial charge on any atom is -0.506 e. The van der Waals surface area contributed by atoms with Gasteiger partial charge in [-0.2, -0.15) is 10.5 Å². The molecule has 2 rings (SSSR count). The first kappa shape index (κ1) is 13.6. The summed E-state index contributed by atoms with van der Waals surface area (Å²) in [7, 11) is 1.59. The molecular weight excluding hydrogens is 268 g/mol. The van der Waals surface area contributed by atoms with Gasteiger partial charge in [0.15, 0.2) is 29.1 Å². The topological polar surface area (TPSA) is 80.3 Å². The molecule has 1 N–H and O–H groups in total. The molecule has 0 fully saturated rings. The number of fused-ring (bicyclic) bond motifs is 1. The number of aliphatic hydroxyl groups excluding tert-OH is 1. The van der Waals surface area contributed by atoms with Crippen LogP contribution in [0, 0.1) is 34.3 Å². The summed E-state index contributed by atoms with van der Waals surface area (Å²) in [5.74, 6) is -2.59. The monoisotopic (exact) mass is 277 g/mol. The van der Waals surface area contributed by atoms with E-state index in [9.17, 15) is 13.9 Å². The highest BCUT2D eigenvalue weighted by Crippen LogP contribution is 2.35. The van der Waals surface area contributed by atoms with Crippen LogP contribution in [0.4, 0.5) is 14.5 Å². The Morgan fingerprint density at radius 2 is 1.95 bits per heavy atom. The van der Waals surface area contributed by atoms with E-state index in [0.717, 1.165) is 12.1 Å². The summed E-state index contributed by atoms with van der Waals surface area (Å²) >= 11 is 0. The summed E-state index contributed by atoms with van der Waals surface area (Å²) in [5.41, 5.74) is -0.155. The highest BCUT2D eigenvalue weighted by atomic mass is 19.2. The van der Waals surface area contributed by atoms with Crippen LogP contribution in [0.15, 0.2) is 23.5 Å². The fourth-order valence-corrected chi connectivity index (χ4v) is 1.89. The largest absolute Gasteiger partial charge is 0.506 e. The summed E-state index contributed by atoms with van der Waals surface area (Å²) in [6, 6.07) is 4.93. The predicted octanol–water partition coefficient (Wildman–Crippen LogP) is 2.02. The SMILES string of the molecule is CN1CC(C(O)=C(C#N)C#N)Oc2cc(F)c(F)cc21. The van der Waals surface area contributed by atoms with Gasteiger partial charge in [0.25, 0.3) is 0 Å². The third-order valence-electron chi connectivity index (χ3n) is 2.91. The lowest BCUT2D eigenvalue weighted by Gasteiger charge is -2.33. The van der Waals surface area contributed by atoms with Crippen LogP contribution in [-0.2, 0) is 0 Å². The molecule has 0 aromatic heterocycles. The molecule has 1 atom stereocenters. The number of hydrogen-bond donors (Lipinski definition) is 1. The minimum absolute atomic E-state index is 0.0319. The van der Waals surface area contributed by atoms with Crippen molar-refractivity contribution in [3.63, 3.8) is 0 Å². The Labute approximate surface area is 113 Å². The number of aliphatic hydroxyl groups is 1. The molecule has 1 aromatic carbocycles. The number of ether oxygens (including phenoxy) is 1. The number of rotatable bonds is 1. The quantitative estimate of drug-likeness (QED) is 0.627. The Bertz CT molecular complexity index is 657. The van der Waals surface area contributed by atoms with E-state index in [2.05, 4.69) is 0 Å². The Morgan fingerprint density at radius 1 is 1.35 bits per heavy atom. The number of nitrogens with zero attached hydrogens (tertiary/aromatic N) is 3.